The molecule has 10 heteroatoms. The van der Waals surface area contributed by atoms with Crippen LogP contribution in [0.3, 0.4) is 0 Å². The molecular formula is C23H15Cl2N3O4S. The Morgan fingerprint density at radius 1 is 0.818 bits per heavy atom. The highest BCUT2D eigenvalue weighted by Crippen LogP contribution is 2.34. The Morgan fingerprint density at radius 3 is 2.33 bits per heavy atom. The molecule has 2 amide bonds. The summed E-state index contributed by atoms with van der Waals surface area (Å²) in [5.41, 5.74) is 1.64. The summed E-state index contributed by atoms with van der Waals surface area (Å²) in [6.45, 7) is 0. The Kier molecular flexibility index (Phi) is 6.79. The van der Waals surface area contributed by atoms with Gasteiger partial charge in [0, 0.05) is 16.9 Å². The summed E-state index contributed by atoms with van der Waals surface area (Å²) in [6, 6.07) is 18.3. The third-order valence-corrected chi connectivity index (χ3v) is 5.42. The molecule has 4 rings (SSSR count). The minimum Gasteiger partial charge on any atom is -0.459 e. The molecule has 2 aromatic carbocycles. The van der Waals surface area contributed by atoms with Gasteiger partial charge in [0.2, 0.25) is 0 Å². The van der Waals surface area contributed by atoms with Crippen LogP contribution in [0, 0.1) is 0 Å². The first-order valence-corrected chi connectivity index (χ1v) is 10.7. The Bertz CT molecular complexity index is 1340. The lowest BCUT2D eigenvalue weighted by Crippen LogP contribution is -2.33. The predicted octanol–water partition coefficient (Wildman–Crippen LogP) is 6.23. The zero-order valence-corrected chi connectivity index (χ0v) is 19.1. The van der Waals surface area contributed by atoms with Gasteiger partial charge >= 0.3 is 0 Å². The van der Waals surface area contributed by atoms with Crippen molar-refractivity contribution in [2.45, 2.75) is 0 Å². The van der Waals surface area contributed by atoms with Crippen molar-refractivity contribution in [3.8, 4) is 11.3 Å². The number of carbonyl (C=O) groups excluding carboxylic acids is 2. The summed E-state index contributed by atoms with van der Waals surface area (Å²) in [7, 11) is 0. The van der Waals surface area contributed by atoms with E-state index in [1.165, 1.54) is 12.3 Å². The molecule has 33 heavy (non-hydrogen) atoms. The maximum atomic E-state index is 12.5. The van der Waals surface area contributed by atoms with Crippen LogP contribution < -0.4 is 16.0 Å². The average molecular weight is 500 g/mol. The van der Waals surface area contributed by atoms with E-state index in [4.69, 9.17) is 44.3 Å². The normalized spacial score (nSPS) is 10.5. The van der Waals surface area contributed by atoms with Gasteiger partial charge in [-0.2, -0.15) is 0 Å². The second kappa shape index (κ2) is 9.91. The smallest absolute Gasteiger partial charge is 0.293 e. The standard InChI is InChI=1S/C23H15Cl2N3O4S/c24-16-7-2-6-15(20(16)25)17-9-10-19(32-17)22(30)28-23(33)27-14-5-1-4-13(12-14)26-21(29)18-8-3-11-31-18/h1-12H,(H,26,29)(H2,27,28,30,33). The molecule has 0 aliphatic rings. The molecule has 0 saturated carbocycles. The zero-order valence-electron chi connectivity index (χ0n) is 16.7. The molecule has 0 aliphatic heterocycles. The van der Waals surface area contributed by atoms with Gasteiger partial charge in [-0.3, -0.25) is 14.9 Å². The van der Waals surface area contributed by atoms with Crippen LogP contribution in [0.25, 0.3) is 11.3 Å². The monoisotopic (exact) mass is 499 g/mol. The molecule has 0 aliphatic carbocycles. The second-order valence-electron chi connectivity index (χ2n) is 6.69. The van der Waals surface area contributed by atoms with E-state index in [0.29, 0.717) is 32.7 Å². The molecule has 2 heterocycles. The maximum Gasteiger partial charge on any atom is 0.293 e. The van der Waals surface area contributed by atoms with E-state index in [9.17, 15) is 9.59 Å². The minimum atomic E-state index is -0.542. The number of carbonyl (C=O) groups is 2. The molecule has 0 spiro atoms. The lowest BCUT2D eigenvalue weighted by molar-refractivity contribution is 0.0950. The third-order valence-electron chi connectivity index (χ3n) is 4.40. The molecule has 0 bridgehead atoms. The van der Waals surface area contributed by atoms with E-state index in [-0.39, 0.29) is 22.5 Å². The number of hydrogen-bond acceptors (Lipinski definition) is 5. The van der Waals surface area contributed by atoms with Gasteiger partial charge in [-0.25, -0.2) is 0 Å². The fourth-order valence-corrected chi connectivity index (χ4v) is 3.51. The highest BCUT2D eigenvalue weighted by atomic mass is 35.5. The first-order chi connectivity index (χ1) is 15.9. The van der Waals surface area contributed by atoms with Crippen molar-refractivity contribution in [1.29, 1.82) is 0 Å². The summed E-state index contributed by atoms with van der Waals surface area (Å²) in [4.78, 5) is 24.6. The van der Waals surface area contributed by atoms with Crippen LogP contribution in [0.1, 0.15) is 21.1 Å². The molecule has 7 nitrogen and oxygen atoms in total. The number of halogens is 2. The molecule has 4 aromatic rings. The van der Waals surface area contributed by atoms with Gasteiger partial charge < -0.3 is 19.5 Å². The van der Waals surface area contributed by atoms with Crippen molar-refractivity contribution in [3.63, 3.8) is 0 Å². The fourth-order valence-electron chi connectivity index (χ4n) is 2.90. The largest absolute Gasteiger partial charge is 0.459 e. The topological polar surface area (TPSA) is 96.5 Å². The third kappa shape index (κ3) is 5.43. The van der Waals surface area contributed by atoms with E-state index in [1.807, 2.05) is 0 Å². The van der Waals surface area contributed by atoms with E-state index in [1.54, 1.807) is 60.7 Å². The Morgan fingerprint density at radius 2 is 1.58 bits per heavy atom. The Balaban J connectivity index is 1.38. The van der Waals surface area contributed by atoms with Crippen LogP contribution in [0.15, 0.2) is 81.8 Å². The van der Waals surface area contributed by atoms with Gasteiger partial charge in [0.1, 0.15) is 5.76 Å². The molecule has 166 valence electrons. The average Bonchev–Trinajstić information content (AvgIpc) is 3.48. The van der Waals surface area contributed by atoms with Gasteiger partial charge in [0.15, 0.2) is 16.6 Å². The van der Waals surface area contributed by atoms with Crippen LogP contribution in [0.5, 0.6) is 0 Å². The molecule has 0 atom stereocenters. The summed E-state index contributed by atoms with van der Waals surface area (Å²) in [5.74, 6) is -0.301. The Labute approximate surface area is 203 Å². The van der Waals surface area contributed by atoms with Crippen LogP contribution in [-0.2, 0) is 0 Å². The summed E-state index contributed by atoms with van der Waals surface area (Å²) in [5, 5.41) is 8.91. The first kappa shape index (κ1) is 22.6. The van der Waals surface area contributed by atoms with E-state index >= 15 is 0 Å². The van der Waals surface area contributed by atoms with Crippen molar-refractivity contribution in [2.24, 2.45) is 0 Å². The van der Waals surface area contributed by atoms with Crippen molar-refractivity contribution in [3.05, 3.63) is 94.6 Å². The molecule has 0 saturated heterocycles. The van der Waals surface area contributed by atoms with E-state index in [2.05, 4.69) is 16.0 Å². The van der Waals surface area contributed by atoms with Gasteiger partial charge in [-0.15, -0.1) is 0 Å². The lowest BCUT2D eigenvalue weighted by atomic mass is 10.2. The van der Waals surface area contributed by atoms with Crippen molar-refractivity contribution < 1.29 is 18.4 Å². The van der Waals surface area contributed by atoms with Gasteiger partial charge in [-0.05, 0) is 66.8 Å². The molecule has 0 radical (unpaired) electrons. The van der Waals surface area contributed by atoms with Crippen molar-refractivity contribution in [2.75, 3.05) is 10.6 Å². The SMILES string of the molecule is O=C(Nc1cccc(NC(=S)NC(=O)c2ccc(-c3cccc(Cl)c3Cl)o2)c1)c1ccco1. The lowest BCUT2D eigenvalue weighted by Gasteiger charge is -2.10. The number of nitrogens with one attached hydrogen (secondary N) is 3. The molecule has 2 aromatic heterocycles. The number of furan rings is 2. The predicted molar refractivity (Wildman–Crippen MR) is 131 cm³/mol. The maximum absolute atomic E-state index is 12.5. The fraction of sp³-hybridized carbons (Fsp3) is 0. The van der Waals surface area contributed by atoms with Crippen molar-refractivity contribution >= 4 is 63.7 Å². The van der Waals surface area contributed by atoms with Gasteiger partial charge in [-0.1, -0.05) is 35.3 Å². The zero-order chi connectivity index (χ0) is 23.4. The Hall–Kier alpha value is -3.59. The quantitative estimate of drug-likeness (QED) is 0.282. The highest BCUT2D eigenvalue weighted by molar-refractivity contribution is 7.80. The molecule has 0 fully saturated rings. The van der Waals surface area contributed by atoms with Gasteiger partial charge in [0.05, 0.1) is 16.3 Å². The summed E-state index contributed by atoms with van der Waals surface area (Å²) >= 11 is 17.5. The van der Waals surface area contributed by atoms with Gasteiger partial charge in [0.25, 0.3) is 11.8 Å². The number of thiocarbonyl (C=S) groups is 1. The number of benzene rings is 2. The number of rotatable bonds is 5. The second-order valence-corrected chi connectivity index (χ2v) is 7.88. The van der Waals surface area contributed by atoms with Crippen LogP contribution >= 0.6 is 35.4 Å². The van der Waals surface area contributed by atoms with Crippen LogP contribution in [-0.4, -0.2) is 16.9 Å². The minimum absolute atomic E-state index is 0.0460. The number of hydrogen-bond donors (Lipinski definition) is 3. The molecule has 3 N–H and O–H groups in total. The molecular weight excluding hydrogens is 485 g/mol. The summed E-state index contributed by atoms with van der Waals surface area (Å²) in [6.07, 6.45) is 1.42. The van der Waals surface area contributed by atoms with Crippen LogP contribution in [0.2, 0.25) is 10.0 Å². The van der Waals surface area contributed by atoms with Crippen LogP contribution in [0.4, 0.5) is 11.4 Å². The highest BCUT2D eigenvalue weighted by Gasteiger charge is 2.16. The van der Waals surface area contributed by atoms with E-state index in [0.717, 1.165) is 0 Å². The summed E-state index contributed by atoms with van der Waals surface area (Å²) < 4.78 is 10.7. The van der Waals surface area contributed by atoms with E-state index < -0.39 is 5.91 Å². The van der Waals surface area contributed by atoms with Crippen molar-refractivity contribution in [1.82, 2.24) is 5.32 Å². The first-order valence-electron chi connectivity index (χ1n) is 9.52. The number of amides is 2. The molecule has 0 unspecified atom stereocenters. The number of anilines is 2.